The molecular formula is C20H30ClN3O3S. The molecule has 2 aliphatic heterocycles. The van der Waals surface area contributed by atoms with Crippen LogP contribution >= 0.6 is 11.6 Å². The molecule has 6 nitrogen and oxygen atoms in total. The highest BCUT2D eigenvalue weighted by molar-refractivity contribution is 7.89. The summed E-state index contributed by atoms with van der Waals surface area (Å²) in [5.41, 5.74) is 0. The predicted octanol–water partition coefficient (Wildman–Crippen LogP) is 2.73. The maximum atomic E-state index is 12.7. The Morgan fingerprint density at radius 3 is 2.50 bits per heavy atom. The van der Waals surface area contributed by atoms with E-state index in [0.717, 1.165) is 13.0 Å². The minimum Gasteiger partial charge on any atom is -0.356 e. The number of carbonyl (C=O) groups is 1. The van der Waals surface area contributed by atoms with Crippen LogP contribution in [0.4, 0.5) is 0 Å². The number of halogens is 1. The summed E-state index contributed by atoms with van der Waals surface area (Å²) in [4.78, 5) is 15.1. The Labute approximate surface area is 173 Å². The zero-order valence-corrected chi connectivity index (χ0v) is 17.8. The van der Waals surface area contributed by atoms with Crippen LogP contribution in [0.2, 0.25) is 5.02 Å². The van der Waals surface area contributed by atoms with Crippen molar-refractivity contribution in [3.05, 3.63) is 29.3 Å². The van der Waals surface area contributed by atoms with Crippen LogP contribution in [0.25, 0.3) is 0 Å². The fourth-order valence-corrected chi connectivity index (χ4v) is 5.75. The number of rotatable bonds is 7. The summed E-state index contributed by atoms with van der Waals surface area (Å²) in [7, 11) is -3.56. The van der Waals surface area contributed by atoms with Crippen LogP contribution in [0.3, 0.4) is 0 Å². The second-order valence-corrected chi connectivity index (χ2v) is 10.1. The van der Waals surface area contributed by atoms with E-state index in [4.69, 9.17) is 11.6 Å². The molecule has 1 aromatic rings. The smallest absolute Gasteiger partial charge is 0.243 e. The Morgan fingerprint density at radius 2 is 1.82 bits per heavy atom. The van der Waals surface area contributed by atoms with Gasteiger partial charge < -0.3 is 10.2 Å². The number of sulfonamides is 1. The predicted molar refractivity (Wildman–Crippen MR) is 111 cm³/mol. The molecule has 2 aliphatic rings. The van der Waals surface area contributed by atoms with Crippen LogP contribution in [0.1, 0.15) is 38.5 Å². The monoisotopic (exact) mass is 427 g/mol. The number of likely N-dealkylation sites (tertiary alicyclic amines) is 1. The van der Waals surface area contributed by atoms with Gasteiger partial charge >= 0.3 is 0 Å². The van der Waals surface area contributed by atoms with E-state index in [1.54, 1.807) is 18.2 Å². The van der Waals surface area contributed by atoms with Gasteiger partial charge in [-0.25, -0.2) is 8.42 Å². The van der Waals surface area contributed by atoms with Gasteiger partial charge in [-0.3, -0.25) is 4.79 Å². The fraction of sp³-hybridized carbons (Fsp3) is 0.650. The van der Waals surface area contributed by atoms with E-state index in [2.05, 4.69) is 10.2 Å². The Morgan fingerprint density at radius 1 is 1.11 bits per heavy atom. The van der Waals surface area contributed by atoms with E-state index in [1.807, 2.05) is 0 Å². The van der Waals surface area contributed by atoms with Crippen LogP contribution in [-0.4, -0.2) is 62.8 Å². The van der Waals surface area contributed by atoms with Crippen LogP contribution in [-0.2, 0) is 14.8 Å². The maximum Gasteiger partial charge on any atom is 0.243 e. The lowest BCUT2D eigenvalue weighted by Crippen LogP contribution is -2.43. The summed E-state index contributed by atoms with van der Waals surface area (Å²) in [5.74, 6) is -0.0563. The zero-order valence-electron chi connectivity index (χ0n) is 16.3. The summed E-state index contributed by atoms with van der Waals surface area (Å²) in [6.45, 7) is 4.80. The Hall–Kier alpha value is -1.15. The number of nitrogens with zero attached hydrogens (tertiary/aromatic N) is 2. The lowest BCUT2D eigenvalue weighted by molar-refractivity contribution is -0.126. The summed E-state index contributed by atoms with van der Waals surface area (Å²) >= 11 is 5.93. The van der Waals surface area contributed by atoms with Crippen molar-refractivity contribution in [3.63, 3.8) is 0 Å². The summed E-state index contributed by atoms with van der Waals surface area (Å²) in [6.07, 6.45) is 5.97. The van der Waals surface area contributed by atoms with E-state index in [1.165, 1.54) is 42.7 Å². The van der Waals surface area contributed by atoms with E-state index in [0.29, 0.717) is 37.5 Å². The lowest BCUT2D eigenvalue weighted by Gasteiger charge is -2.30. The van der Waals surface area contributed by atoms with Crippen LogP contribution in [0.5, 0.6) is 0 Å². The van der Waals surface area contributed by atoms with Crippen molar-refractivity contribution in [3.8, 4) is 0 Å². The number of benzene rings is 1. The highest BCUT2D eigenvalue weighted by Gasteiger charge is 2.32. The van der Waals surface area contributed by atoms with E-state index < -0.39 is 10.0 Å². The molecular weight excluding hydrogens is 398 g/mol. The van der Waals surface area contributed by atoms with E-state index >= 15 is 0 Å². The molecule has 156 valence electrons. The van der Waals surface area contributed by atoms with Crippen molar-refractivity contribution < 1.29 is 13.2 Å². The lowest BCUT2D eigenvalue weighted by atomic mass is 9.97. The molecule has 0 unspecified atom stereocenters. The molecule has 3 rings (SSSR count). The molecule has 0 bridgehead atoms. The van der Waals surface area contributed by atoms with Crippen molar-refractivity contribution in [2.45, 2.75) is 43.4 Å². The van der Waals surface area contributed by atoms with Gasteiger partial charge in [0.05, 0.1) is 4.90 Å². The molecule has 1 aromatic carbocycles. The highest BCUT2D eigenvalue weighted by Crippen LogP contribution is 2.25. The zero-order chi connectivity index (χ0) is 20.0. The molecule has 1 N–H and O–H groups in total. The number of amides is 1. The Kier molecular flexibility index (Phi) is 7.74. The van der Waals surface area contributed by atoms with Crippen molar-refractivity contribution in [1.29, 1.82) is 0 Å². The van der Waals surface area contributed by atoms with Crippen molar-refractivity contribution in [1.82, 2.24) is 14.5 Å². The van der Waals surface area contributed by atoms with Crippen molar-refractivity contribution in [2.24, 2.45) is 5.92 Å². The van der Waals surface area contributed by atoms with Crippen LogP contribution < -0.4 is 5.32 Å². The average Bonchev–Trinajstić information content (AvgIpc) is 2.72. The van der Waals surface area contributed by atoms with E-state index in [9.17, 15) is 13.2 Å². The second-order valence-electron chi connectivity index (χ2n) is 7.68. The maximum absolute atomic E-state index is 12.7. The Balaban J connectivity index is 1.41. The number of piperidine rings is 2. The first-order valence-corrected chi connectivity index (χ1v) is 12.0. The minimum atomic E-state index is -3.56. The highest BCUT2D eigenvalue weighted by atomic mass is 35.5. The van der Waals surface area contributed by atoms with Crippen molar-refractivity contribution in [2.75, 3.05) is 39.3 Å². The number of nitrogens with one attached hydrogen (secondary N) is 1. The first kappa shape index (κ1) is 21.6. The molecule has 28 heavy (non-hydrogen) atoms. The van der Waals surface area contributed by atoms with Gasteiger partial charge in [-0.2, -0.15) is 4.31 Å². The molecule has 8 heteroatoms. The number of hydrogen-bond donors (Lipinski definition) is 1. The molecule has 0 spiro atoms. The topological polar surface area (TPSA) is 69.7 Å². The van der Waals surface area contributed by atoms with Crippen molar-refractivity contribution >= 4 is 27.5 Å². The SMILES string of the molecule is O=C(NCCCN1CCCCC1)C1CCN(S(=O)(=O)c2cccc(Cl)c2)CC1. The molecule has 2 saturated heterocycles. The van der Waals surface area contributed by atoms with Gasteiger partial charge in [0.1, 0.15) is 0 Å². The Bertz CT molecular complexity index is 758. The first-order valence-electron chi connectivity index (χ1n) is 10.2. The summed E-state index contributed by atoms with van der Waals surface area (Å²) in [6, 6.07) is 6.32. The van der Waals surface area contributed by atoms with Crippen LogP contribution in [0.15, 0.2) is 29.2 Å². The molecule has 0 saturated carbocycles. The van der Waals surface area contributed by atoms with Gasteiger partial charge in [0.25, 0.3) is 0 Å². The average molecular weight is 428 g/mol. The molecule has 2 heterocycles. The third-order valence-electron chi connectivity index (χ3n) is 5.66. The number of hydrogen-bond acceptors (Lipinski definition) is 4. The largest absolute Gasteiger partial charge is 0.356 e. The number of carbonyl (C=O) groups excluding carboxylic acids is 1. The molecule has 1 amide bonds. The molecule has 0 aromatic heterocycles. The van der Waals surface area contributed by atoms with E-state index in [-0.39, 0.29) is 16.7 Å². The van der Waals surface area contributed by atoms with Gasteiger partial charge in [-0.1, -0.05) is 24.1 Å². The second kappa shape index (κ2) is 10.1. The minimum absolute atomic E-state index is 0.0541. The molecule has 2 fully saturated rings. The van der Waals surface area contributed by atoms with Gasteiger partial charge in [-0.05, 0) is 69.9 Å². The van der Waals surface area contributed by atoms with Gasteiger partial charge in [-0.15, -0.1) is 0 Å². The molecule has 0 atom stereocenters. The van der Waals surface area contributed by atoms with Crippen LogP contribution in [0, 0.1) is 5.92 Å². The third kappa shape index (κ3) is 5.69. The standard InChI is InChI=1S/C20H30ClN3O3S/c21-18-6-4-7-19(16-18)28(26,27)24-14-8-17(9-15-24)20(25)22-10-5-13-23-11-2-1-3-12-23/h4,6-7,16-17H,1-3,5,8-15H2,(H,22,25). The normalized spacial score (nSPS) is 20.2. The molecule has 0 aliphatic carbocycles. The molecule has 0 radical (unpaired) electrons. The summed E-state index contributed by atoms with van der Waals surface area (Å²) < 4.78 is 26.9. The summed E-state index contributed by atoms with van der Waals surface area (Å²) in [5, 5.41) is 3.44. The van der Waals surface area contributed by atoms with Gasteiger partial charge in [0.2, 0.25) is 15.9 Å². The third-order valence-corrected chi connectivity index (χ3v) is 7.79. The van der Waals surface area contributed by atoms with Gasteiger partial charge in [0, 0.05) is 30.6 Å². The first-order chi connectivity index (χ1) is 13.5. The quantitative estimate of drug-likeness (QED) is 0.679. The fourth-order valence-electron chi connectivity index (χ4n) is 3.98. The van der Waals surface area contributed by atoms with Gasteiger partial charge in [0.15, 0.2) is 0 Å².